The predicted octanol–water partition coefficient (Wildman–Crippen LogP) is 5.41. The Balaban J connectivity index is 1.40. The molecule has 1 saturated heterocycles. The van der Waals surface area contributed by atoms with Gasteiger partial charge in [0, 0.05) is 41.6 Å². The molecule has 0 radical (unpaired) electrons. The van der Waals surface area contributed by atoms with Gasteiger partial charge in [-0.1, -0.05) is 29.3 Å². The highest BCUT2D eigenvalue weighted by molar-refractivity contribution is 6.36. The molecule has 196 valence electrons. The summed E-state index contributed by atoms with van der Waals surface area (Å²) in [6.07, 6.45) is 6.96. The molecule has 2 aromatic heterocycles. The standard InChI is InChI=1S/C27H21Cl2FN8O/c28-21-7-17(3-4-23(21)30)34-25-16(9-31)11-33-27-20(25)6-18(8-22(27)29)35-26(15-2-1-5-32-10-15)24-12-38(37-36-24)19-13-39-14-19/h1-8,10-12,19,26,35-37H,13-14H2,(H,33,34)/t26-/m0/s1. The molecule has 0 spiro atoms. The zero-order chi connectivity index (χ0) is 26.9. The third-order valence-corrected chi connectivity index (χ3v) is 7.07. The number of fused-ring (bicyclic) bond motifs is 1. The number of halogens is 3. The smallest absolute Gasteiger partial charge is 0.141 e. The first-order valence-corrected chi connectivity index (χ1v) is 12.8. The van der Waals surface area contributed by atoms with Crippen LogP contribution in [-0.2, 0) is 4.74 Å². The van der Waals surface area contributed by atoms with Crippen molar-refractivity contribution in [2.75, 3.05) is 23.8 Å². The van der Waals surface area contributed by atoms with Crippen molar-refractivity contribution in [2.45, 2.75) is 12.1 Å². The van der Waals surface area contributed by atoms with Gasteiger partial charge < -0.3 is 20.8 Å². The van der Waals surface area contributed by atoms with Crippen LogP contribution < -0.4 is 21.6 Å². The van der Waals surface area contributed by atoms with Gasteiger partial charge in [-0.05, 0) is 42.0 Å². The zero-order valence-corrected chi connectivity index (χ0v) is 21.8. The van der Waals surface area contributed by atoms with Crippen LogP contribution in [-0.4, -0.2) is 34.2 Å². The summed E-state index contributed by atoms with van der Waals surface area (Å²) in [5.41, 5.74) is 10.7. The van der Waals surface area contributed by atoms with Gasteiger partial charge in [-0.2, -0.15) is 5.26 Å². The minimum absolute atomic E-state index is 0.0370. The van der Waals surface area contributed by atoms with Gasteiger partial charge in [-0.25, -0.2) is 4.39 Å². The van der Waals surface area contributed by atoms with Crippen molar-refractivity contribution in [3.8, 4) is 6.07 Å². The molecule has 4 aromatic rings. The van der Waals surface area contributed by atoms with Crippen LogP contribution in [0.1, 0.15) is 17.2 Å². The van der Waals surface area contributed by atoms with Crippen LogP contribution in [0.4, 0.5) is 21.5 Å². The largest absolute Gasteiger partial charge is 0.377 e. The number of nitriles is 1. The van der Waals surface area contributed by atoms with Gasteiger partial charge in [0.15, 0.2) is 0 Å². The highest BCUT2D eigenvalue weighted by Gasteiger charge is 2.30. The Kier molecular flexibility index (Phi) is 6.81. The van der Waals surface area contributed by atoms with E-state index in [0.717, 1.165) is 11.3 Å². The Morgan fingerprint density at radius 3 is 2.69 bits per heavy atom. The summed E-state index contributed by atoms with van der Waals surface area (Å²) in [6.45, 7) is 1.29. The van der Waals surface area contributed by atoms with Crippen LogP contribution in [0.3, 0.4) is 0 Å². The van der Waals surface area contributed by atoms with Crippen molar-refractivity contribution >= 4 is 51.2 Å². The van der Waals surface area contributed by atoms with E-state index in [1.165, 1.54) is 18.3 Å². The Morgan fingerprint density at radius 2 is 1.97 bits per heavy atom. The summed E-state index contributed by atoms with van der Waals surface area (Å²) >= 11 is 12.7. The zero-order valence-electron chi connectivity index (χ0n) is 20.3. The lowest BCUT2D eigenvalue weighted by Crippen LogP contribution is -2.52. The molecular formula is C27H21Cl2FN8O. The normalized spacial score (nSPS) is 15.7. The number of hydrazine groups is 2. The highest BCUT2D eigenvalue weighted by Crippen LogP contribution is 2.37. The average molecular weight is 563 g/mol. The number of benzene rings is 2. The first-order valence-electron chi connectivity index (χ1n) is 12.0. The van der Waals surface area contributed by atoms with Crippen molar-refractivity contribution in [2.24, 2.45) is 0 Å². The van der Waals surface area contributed by atoms with E-state index < -0.39 is 5.82 Å². The van der Waals surface area contributed by atoms with Gasteiger partial charge in [0.1, 0.15) is 11.9 Å². The minimum Gasteiger partial charge on any atom is -0.377 e. The molecular weight excluding hydrogens is 542 g/mol. The summed E-state index contributed by atoms with van der Waals surface area (Å²) < 4.78 is 19.1. The lowest BCUT2D eigenvalue weighted by atomic mass is 10.0. The average Bonchev–Trinajstić information content (AvgIpc) is 3.38. The SMILES string of the molecule is N#Cc1cnc2c(Cl)cc(N[C@H](C3=CN(C4COC4)NN3)c3cccnc3)cc2c1Nc1ccc(F)c(Cl)c1. The molecule has 0 saturated carbocycles. The second kappa shape index (κ2) is 10.6. The Hall–Kier alpha value is -4.14. The number of hydrogen-bond acceptors (Lipinski definition) is 9. The quantitative estimate of drug-likeness (QED) is 0.235. The number of nitrogens with one attached hydrogen (secondary N) is 4. The minimum atomic E-state index is -0.536. The second-order valence-corrected chi connectivity index (χ2v) is 9.86. The van der Waals surface area contributed by atoms with E-state index in [-0.39, 0.29) is 17.1 Å². The molecule has 1 fully saturated rings. The van der Waals surface area contributed by atoms with E-state index in [9.17, 15) is 9.65 Å². The van der Waals surface area contributed by atoms with E-state index in [1.54, 1.807) is 24.5 Å². The first-order chi connectivity index (χ1) is 19.0. The number of rotatable bonds is 7. The number of hydrogen-bond donors (Lipinski definition) is 4. The van der Waals surface area contributed by atoms with Crippen LogP contribution >= 0.6 is 23.2 Å². The topological polar surface area (TPSA) is 110 Å². The molecule has 2 aromatic carbocycles. The van der Waals surface area contributed by atoms with E-state index >= 15 is 0 Å². The monoisotopic (exact) mass is 562 g/mol. The number of aromatic nitrogens is 2. The Labute approximate surface area is 233 Å². The molecule has 39 heavy (non-hydrogen) atoms. The van der Waals surface area contributed by atoms with Gasteiger partial charge >= 0.3 is 0 Å². The molecule has 1 atom stereocenters. The van der Waals surface area contributed by atoms with Gasteiger partial charge in [-0.3, -0.25) is 15.0 Å². The molecule has 9 nitrogen and oxygen atoms in total. The second-order valence-electron chi connectivity index (χ2n) is 9.05. The van der Waals surface area contributed by atoms with Crippen LogP contribution in [0, 0.1) is 17.1 Å². The van der Waals surface area contributed by atoms with Crippen LogP contribution in [0.25, 0.3) is 10.9 Å². The molecule has 0 unspecified atom stereocenters. The summed E-state index contributed by atoms with van der Waals surface area (Å²) in [5.74, 6) is -0.536. The fourth-order valence-electron chi connectivity index (χ4n) is 4.41. The van der Waals surface area contributed by atoms with Crippen molar-refractivity contribution in [3.05, 3.63) is 99.9 Å². The Bertz CT molecular complexity index is 1620. The van der Waals surface area contributed by atoms with Crippen LogP contribution in [0.15, 0.2) is 73.0 Å². The summed E-state index contributed by atoms with van der Waals surface area (Å²) in [6, 6.07) is 13.8. The van der Waals surface area contributed by atoms with Crippen molar-refractivity contribution in [3.63, 3.8) is 0 Å². The molecule has 4 N–H and O–H groups in total. The van der Waals surface area contributed by atoms with Gasteiger partial charge in [0.2, 0.25) is 0 Å². The van der Waals surface area contributed by atoms with Crippen molar-refractivity contribution < 1.29 is 9.13 Å². The maximum Gasteiger partial charge on any atom is 0.141 e. The number of nitrogens with zero attached hydrogens (tertiary/aromatic N) is 4. The molecule has 12 heteroatoms. The fourth-order valence-corrected chi connectivity index (χ4v) is 4.85. The highest BCUT2D eigenvalue weighted by atomic mass is 35.5. The lowest BCUT2D eigenvalue weighted by Gasteiger charge is -2.33. The summed E-state index contributed by atoms with van der Waals surface area (Å²) in [5, 5.41) is 19.5. The molecule has 0 bridgehead atoms. The molecule has 4 heterocycles. The number of pyridine rings is 2. The van der Waals surface area contributed by atoms with Gasteiger partial charge in [-0.15, -0.1) is 5.53 Å². The third kappa shape index (κ3) is 5.01. The molecule has 0 aliphatic carbocycles. The van der Waals surface area contributed by atoms with Crippen molar-refractivity contribution in [1.29, 1.82) is 5.26 Å². The van der Waals surface area contributed by atoms with Gasteiger partial charge in [0.25, 0.3) is 0 Å². The summed E-state index contributed by atoms with van der Waals surface area (Å²) in [4.78, 5) is 8.71. The number of anilines is 3. The molecule has 2 aliphatic rings. The molecule has 2 aliphatic heterocycles. The van der Waals surface area contributed by atoms with Gasteiger partial charge in [0.05, 0.1) is 57.8 Å². The summed E-state index contributed by atoms with van der Waals surface area (Å²) in [7, 11) is 0. The fraction of sp³-hybridized carbons (Fsp3) is 0.148. The van der Waals surface area contributed by atoms with E-state index in [2.05, 4.69) is 37.6 Å². The molecule has 6 rings (SSSR count). The first kappa shape index (κ1) is 25.2. The Morgan fingerprint density at radius 1 is 1.13 bits per heavy atom. The van der Waals surface area contributed by atoms with E-state index in [0.29, 0.717) is 51.8 Å². The molecule has 0 amide bonds. The van der Waals surface area contributed by atoms with Crippen LogP contribution in [0.5, 0.6) is 0 Å². The predicted molar refractivity (Wildman–Crippen MR) is 148 cm³/mol. The van der Waals surface area contributed by atoms with Crippen LogP contribution in [0.2, 0.25) is 10.0 Å². The van der Waals surface area contributed by atoms with E-state index in [4.69, 9.17) is 27.9 Å². The number of ether oxygens (including phenoxy) is 1. The maximum atomic E-state index is 13.7. The third-order valence-electron chi connectivity index (χ3n) is 6.50. The van der Waals surface area contributed by atoms with E-state index in [1.807, 2.05) is 29.4 Å². The maximum absolute atomic E-state index is 13.7. The van der Waals surface area contributed by atoms with Crippen molar-refractivity contribution in [1.82, 2.24) is 25.9 Å². The lowest BCUT2D eigenvalue weighted by molar-refractivity contribution is -0.0635.